The van der Waals surface area contributed by atoms with Crippen molar-refractivity contribution in [3.8, 4) is 0 Å². The van der Waals surface area contributed by atoms with Crippen LogP contribution in [0.15, 0.2) is 0 Å². The van der Waals surface area contributed by atoms with E-state index in [0.717, 1.165) is 25.8 Å². The highest BCUT2D eigenvalue weighted by Gasteiger charge is 2.51. The fourth-order valence-corrected chi connectivity index (χ4v) is 5.24. The van der Waals surface area contributed by atoms with Crippen LogP contribution in [-0.2, 0) is 4.74 Å². The second-order valence-corrected chi connectivity index (χ2v) is 11.3. The molecule has 0 radical (unpaired) electrons. The van der Waals surface area contributed by atoms with Crippen molar-refractivity contribution in [2.24, 2.45) is 5.92 Å². The zero-order chi connectivity index (χ0) is 21.5. The summed E-state index contributed by atoms with van der Waals surface area (Å²) in [5.74, 6) is 0.302. The minimum absolute atomic E-state index is 0.0144. The Balaban J connectivity index is 1.76. The molecule has 2 aliphatic rings. The van der Waals surface area contributed by atoms with E-state index in [0.29, 0.717) is 12.5 Å². The average Bonchev–Trinajstić information content (AvgIpc) is 2.70. The van der Waals surface area contributed by atoms with Crippen molar-refractivity contribution in [3.05, 3.63) is 0 Å². The van der Waals surface area contributed by atoms with Gasteiger partial charge in [0.25, 0.3) is 0 Å². The molecule has 2 heterocycles. The van der Waals surface area contributed by atoms with Crippen molar-refractivity contribution in [2.75, 3.05) is 19.7 Å². The Hall–Kier alpha value is -0.280. The van der Waals surface area contributed by atoms with Crippen LogP contribution in [-0.4, -0.2) is 79.7 Å². The zero-order valence-corrected chi connectivity index (χ0v) is 19.1. The van der Waals surface area contributed by atoms with Gasteiger partial charge in [0.2, 0.25) is 0 Å². The van der Waals surface area contributed by atoms with Gasteiger partial charge in [0.05, 0.1) is 18.8 Å². The van der Waals surface area contributed by atoms with E-state index in [1.54, 1.807) is 0 Å². The molecule has 0 aromatic carbocycles. The summed E-state index contributed by atoms with van der Waals surface area (Å²) in [5.41, 5.74) is -1.24. The van der Waals surface area contributed by atoms with Crippen LogP contribution in [0.4, 0.5) is 0 Å². The lowest BCUT2D eigenvalue weighted by Crippen LogP contribution is -2.60. The van der Waals surface area contributed by atoms with Crippen molar-refractivity contribution in [3.63, 3.8) is 0 Å². The van der Waals surface area contributed by atoms with E-state index in [1.807, 2.05) is 27.7 Å². The average molecular weight is 402 g/mol. The molecule has 2 aliphatic heterocycles. The molecular formula is C21H43N3O4. The highest BCUT2D eigenvalue weighted by atomic mass is 16.5. The maximum Gasteiger partial charge on any atom is 0.0897 e. The Morgan fingerprint density at radius 1 is 0.893 bits per heavy atom. The largest absolute Gasteiger partial charge is 0.389 e. The quantitative estimate of drug-likeness (QED) is 0.521. The number of hydroxylamine groups is 4. The Kier molecular flexibility index (Phi) is 6.94. The van der Waals surface area contributed by atoms with Crippen LogP contribution in [0.3, 0.4) is 0 Å². The Morgan fingerprint density at radius 2 is 1.39 bits per heavy atom. The van der Waals surface area contributed by atoms with E-state index in [-0.39, 0.29) is 34.9 Å². The molecule has 4 N–H and O–H groups in total. The first-order chi connectivity index (χ1) is 12.6. The fraction of sp³-hybridized carbons (Fsp3) is 1.00. The monoisotopic (exact) mass is 401 g/mol. The summed E-state index contributed by atoms with van der Waals surface area (Å²) in [6.45, 7) is 17.8. The Bertz CT molecular complexity index is 518. The molecule has 28 heavy (non-hydrogen) atoms. The lowest BCUT2D eigenvalue weighted by atomic mass is 9.80. The van der Waals surface area contributed by atoms with Gasteiger partial charge >= 0.3 is 0 Å². The fourth-order valence-electron chi connectivity index (χ4n) is 5.24. The number of nitrogens with one attached hydrogen (secondary N) is 1. The highest BCUT2D eigenvalue weighted by Crippen LogP contribution is 2.43. The van der Waals surface area contributed by atoms with Crippen LogP contribution >= 0.6 is 0 Å². The van der Waals surface area contributed by atoms with Gasteiger partial charge in [-0.25, -0.2) is 0 Å². The first-order valence-electron chi connectivity index (χ1n) is 10.6. The SMILES string of the molecule is CC1(C)CC(OCC(O)CNCC2CC(C)(C)N(O)C2(C)C)CC(C)(C)N1O. The number of nitrogens with zero attached hydrogens (tertiary/aromatic N) is 2. The standard InChI is InChI=1S/C21H43N3O4/c1-18(2)9-15(21(7,8)24(18)27)12-22-13-16(25)14-28-17-10-19(3,4)23(26)20(5,6)11-17/h15-17,22,25-27H,9-14H2,1-8H3. The first kappa shape index (κ1) is 24.0. The molecule has 166 valence electrons. The van der Waals surface area contributed by atoms with Crippen LogP contribution in [0.2, 0.25) is 0 Å². The van der Waals surface area contributed by atoms with Crippen LogP contribution in [0.5, 0.6) is 0 Å². The van der Waals surface area contributed by atoms with Gasteiger partial charge in [0.15, 0.2) is 0 Å². The van der Waals surface area contributed by atoms with Crippen LogP contribution in [0.25, 0.3) is 0 Å². The lowest BCUT2D eigenvalue weighted by Gasteiger charge is -2.51. The normalized spacial score (nSPS) is 31.2. The van der Waals surface area contributed by atoms with Crippen molar-refractivity contribution in [1.29, 1.82) is 0 Å². The van der Waals surface area contributed by atoms with Gasteiger partial charge in [0, 0.05) is 28.7 Å². The third-order valence-corrected chi connectivity index (χ3v) is 6.76. The maximum atomic E-state index is 10.4. The van der Waals surface area contributed by atoms with E-state index >= 15 is 0 Å². The molecular weight excluding hydrogens is 358 g/mol. The van der Waals surface area contributed by atoms with E-state index in [9.17, 15) is 15.5 Å². The number of rotatable bonds is 7. The molecule has 0 bridgehead atoms. The van der Waals surface area contributed by atoms with E-state index in [2.05, 4.69) is 33.0 Å². The van der Waals surface area contributed by atoms with Gasteiger partial charge < -0.3 is 25.6 Å². The third kappa shape index (κ3) is 5.06. The van der Waals surface area contributed by atoms with Crippen molar-refractivity contribution < 1.29 is 20.3 Å². The second-order valence-electron chi connectivity index (χ2n) is 11.3. The van der Waals surface area contributed by atoms with E-state index in [4.69, 9.17) is 4.74 Å². The molecule has 0 aromatic heterocycles. The van der Waals surface area contributed by atoms with Crippen LogP contribution < -0.4 is 5.32 Å². The summed E-state index contributed by atoms with van der Waals surface area (Å²) in [6, 6.07) is 0. The predicted octanol–water partition coefficient (Wildman–Crippen LogP) is 2.63. The molecule has 0 aromatic rings. The summed E-state index contributed by atoms with van der Waals surface area (Å²) >= 11 is 0. The number of aliphatic hydroxyl groups excluding tert-OH is 1. The van der Waals surface area contributed by atoms with Crippen molar-refractivity contribution >= 4 is 0 Å². The summed E-state index contributed by atoms with van der Waals surface area (Å²) in [5, 5.41) is 37.4. The molecule has 2 rings (SSSR count). The minimum Gasteiger partial charge on any atom is -0.389 e. The molecule has 0 amide bonds. The summed E-state index contributed by atoms with van der Waals surface area (Å²) in [7, 11) is 0. The third-order valence-electron chi connectivity index (χ3n) is 6.76. The number of hydrogen-bond acceptors (Lipinski definition) is 7. The van der Waals surface area contributed by atoms with Crippen LogP contribution in [0, 0.1) is 5.92 Å². The van der Waals surface area contributed by atoms with Gasteiger partial charge in [-0.2, -0.15) is 10.1 Å². The van der Waals surface area contributed by atoms with Gasteiger partial charge in [-0.3, -0.25) is 0 Å². The van der Waals surface area contributed by atoms with Gasteiger partial charge in [-0.1, -0.05) is 0 Å². The highest BCUT2D eigenvalue weighted by molar-refractivity contribution is 5.02. The summed E-state index contributed by atoms with van der Waals surface area (Å²) in [6.07, 6.45) is 1.79. The maximum absolute atomic E-state index is 10.4. The molecule has 7 heteroatoms. The molecule has 2 fully saturated rings. The summed E-state index contributed by atoms with van der Waals surface area (Å²) < 4.78 is 6.00. The molecule has 0 aliphatic carbocycles. The Morgan fingerprint density at radius 3 is 1.86 bits per heavy atom. The lowest BCUT2D eigenvalue weighted by molar-refractivity contribution is -0.262. The van der Waals surface area contributed by atoms with E-state index in [1.165, 1.54) is 10.1 Å². The molecule has 7 nitrogen and oxygen atoms in total. The van der Waals surface area contributed by atoms with Gasteiger partial charge in [-0.05, 0) is 87.1 Å². The Labute approximate surface area is 171 Å². The van der Waals surface area contributed by atoms with Gasteiger partial charge in [-0.15, -0.1) is 0 Å². The first-order valence-corrected chi connectivity index (χ1v) is 10.6. The molecule has 2 saturated heterocycles. The molecule has 0 saturated carbocycles. The second kappa shape index (κ2) is 8.10. The zero-order valence-electron chi connectivity index (χ0n) is 19.1. The molecule has 0 spiro atoms. The van der Waals surface area contributed by atoms with Gasteiger partial charge in [0.1, 0.15) is 0 Å². The number of ether oxygens (including phenoxy) is 1. The summed E-state index contributed by atoms with van der Waals surface area (Å²) in [4.78, 5) is 0. The smallest absolute Gasteiger partial charge is 0.0897 e. The van der Waals surface area contributed by atoms with Crippen molar-refractivity contribution in [2.45, 2.75) is 109 Å². The molecule has 2 unspecified atom stereocenters. The van der Waals surface area contributed by atoms with Crippen LogP contribution in [0.1, 0.15) is 74.7 Å². The number of aliphatic hydroxyl groups is 1. The number of piperidine rings is 1. The minimum atomic E-state index is -0.582. The topological polar surface area (TPSA) is 88.4 Å². The van der Waals surface area contributed by atoms with E-state index < -0.39 is 6.10 Å². The predicted molar refractivity (Wildman–Crippen MR) is 110 cm³/mol. The van der Waals surface area contributed by atoms with Crippen molar-refractivity contribution in [1.82, 2.24) is 15.4 Å². The molecule has 2 atom stereocenters. The number of hydrogen-bond donors (Lipinski definition) is 4.